The molecular weight excluding hydrogens is 297 g/mol. The van der Waals surface area contributed by atoms with E-state index in [9.17, 15) is 22.4 Å². The van der Waals surface area contributed by atoms with Crippen LogP contribution >= 0.6 is 23.2 Å². The molecule has 1 rings (SSSR count). The molecule has 2 nitrogen and oxygen atoms in total. The lowest BCUT2D eigenvalue weighted by molar-refractivity contribution is -0.162. The lowest BCUT2D eigenvalue weighted by atomic mass is 10.1. The SMILES string of the molecule is O=C(CCl)NC(c1ccc(F)c(Cl)c1)C(F)(F)F. The standard InChI is InChI=1S/C10H7Cl2F4NO/c11-4-8(18)17-9(10(14,15)16)5-1-2-7(13)6(12)3-5/h1-3,9H,4H2,(H,17,18). The summed E-state index contributed by atoms with van der Waals surface area (Å²) in [5, 5.41) is 1.24. The van der Waals surface area contributed by atoms with E-state index in [1.54, 1.807) is 5.32 Å². The van der Waals surface area contributed by atoms with Gasteiger partial charge in [0.05, 0.1) is 5.02 Å². The number of carbonyl (C=O) groups excluding carboxylic acids is 1. The van der Waals surface area contributed by atoms with Crippen molar-refractivity contribution in [2.24, 2.45) is 0 Å². The summed E-state index contributed by atoms with van der Waals surface area (Å²) in [5.74, 6) is -2.44. The smallest absolute Gasteiger partial charge is 0.340 e. The van der Waals surface area contributed by atoms with Gasteiger partial charge in [-0.3, -0.25) is 4.79 Å². The fraction of sp³-hybridized carbons (Fsp3) is 0.300. The number of nitrogens with one attached hydrogen (secondary N) is 1. The summed E-state index contributed by atoms with van der Waals surface area (Å²) in [6.07, 6.45) is -4.73. The van der Waals surface area contributed by atoms with Gasteiger partial charge in [-0.25, -0.2) is 4.39 Å². The first-order valence-corrected chi connectivity index (χ1v) is 5.54. The Balaban J connectivity index is 3.10. The number of hydrogen-bond acceptors (Lipinski definition) is 1. The highest BCUT2D eigenvalue weighted by Gasteiger charge is 2.41. The summed E-state index contributed by atoms with van der Waals surface area (Å²) >= 11 is 10.5. The van der Waals surface area contributed by atoms with Crippen LogP contribution in [0.4, 0.5) is 17.6 Å². The summed E-state index contributed by atoms with van der Waals surface area (Å²) in [6, 6.07) is 0.225. The van der Waals surface area contributed by atoms with Crippen LogP contribution in [0.1, 0.15) is 11.6 Å². The molecule has 0 aromatic heterocycles. The first kappa shape index (κ1) is 15.0. The summed E-state index contributed by atoms with van der Waals surface area (Å²) in [7, 11) is 0. The molecule has 0 aliphatic carbocycles. The zero-order valence-electron chi connectivity index (χ0n) is 8.69. The summed E-state index contributed by atoms with van der Waals surface area (Å²) in [6.45, 7) is 0. The van der Waals surface area contributed by atoms with Crippen molar-refractivity contribution in [3.05, 3.63) is 34.6 Å². The highest BCUT2D eigenvalue weighted by atomic mass is 35.5. The zero-order chi connectivity index (χ0) is 13.9. The maximum Gasteiger partial charge on any atom is 0.412 e. The van der Waals surface area contributed by atoms with Crippen LogP contribution in [-0.4, -0.2) is 18.0 Å². The molecule has 0 radical (unpaired) electrons. The Labute approximate surface area is 110 Å². The van der Waals surface area contributed by atoms with Crippen LogP contribution in [0.3, 0.4) is 0 Å². The van der Waals surface area contributed by atoms with Crippen molar-refractivity contribution >= 4 is 29.1 Å². The van der Waals surface area contributed by atoms with Gasteiger partial charge in [0.25, 0.3) is 0 Å². The number of carbonyl (C=O) groups is 1. The molecule has 0 aliphatic heterocycles. The second kappa shape index (κ2) is 5.75. The van der Waals surface area contributed by atoms with Crippen molar-refractivity contribution in [3.8, 4) is 0 Å². The molecule has 18 heavy (non-hydrogen) atoms. The average Bonchev–Trinajstić information content (AvgIpc) is 2.28. The molecule has 0 aliphatic rings. The Morgan fingerprint density at radius 3 is 2.44 bits per heavy atom. The fourth-order valence-electron chi connectivity index (χ4n) is 1.25. The third kappa shape index (κ3) is 3.74. The Morgan fingerprint density at radius 2 is 2.00 bits per heavy atom. The van der Waals surface area contributed by atoms with Crippen LogP contribution in [-0.2, 0) is 4.79 Å². The van der Waals surface area contributed by atoms with Crippen molar-refractivity contribution in [1.82, 2.24) is 5.32 Å². The minimum absolute atomic E-state index is 0.368. The van der Waals surface area contributed by atoms with E-state index in [2.05, 4.69) is 0 Å². The first-order chi connectivity index (χ1) is 8.25. The largest absolute Gasteiger partial charge is 0.412 e. The number of benzene rings is 1. The molecule has 0 heterocycles. The number of halogens is 6. The number of amides is 1. The Morgan fingerprint density at radius 1 is 1.39 bits per heavy atom. The normalized spacial score (nSPS) is 13.2. The lowest BCUT2D eigenvalue weighted by Crippen LogP contribution is -2.38. The quantitative estimate of drug-likeness (QED) is 0.672. The fourth-order valence-corrected chi connectivity index (χ4v) is 1.51. The van der Waals surface area contributed by atoms with Crippen LogP contribution in [0.25, 0.3) is 0 Å². The minimum Gasteiger partial charge on any atom is -0.340 e. The Kier molecular flexibility index (Phi) is 4.81. The molecule has 1 N–H and O–H groups in total. The summed E-state index contributed by atoms with van der Waals surface area (Å²) < 4.78 is 51.1. The topological polar surface area (TPSA) is 29.1 Å². The van der Waals surface area contributed by atoms with Crippen LogP contribution < -0.4 is 5.32 Å². The molecule has 8 heteroatoms. The van der Waals surface area contributed by atoms with Crippen molar-refractivity contribution in [2.75, 3.05) is 5.88 Å². The molecule has 1 aromatic rings. The Hall–Kier alpha value is -1.01. The van der Waals surface area contributed by atoms with Crippen LogP contribution in [0.2, 0.25) is 5.02 Å². The van der Waals surface area contributed by atoms with E-state index < -0.39 is 34.8 Å². The predicted molar refractivity (Wildman–Crippen MR) is 59.1 cm³/mol. The predicted octanol–water partition coefficient (Wildman–Crippen LogP) is 3.44. The van der Waals surface area contributed by atoms with Crippen LogP contribution in [0.5, 0.6) is 0 Å². The average molecular weight is 304 g/mol. The maximum absolute atomic E-state index is 12.9. The van der Waals surface area contributed by atoms with Crippen LogP contribution in [0.15, 0.2) is 18.2 Å². The van der Waals surface area contributed by atoms with E-state index in [0.717, 1.165) is 18.2 Å². The molecule has 1 atom stereocenters. The second-order valence-corrected chi connectivity index (χ2v) is 4.02. The van der Waals surface area contributed by atoms with E-state index in [1.165, 1.54) is 0 Å². The summed E-state index contributed by atoms with van der Waals surface area (Å²) in [4.78, 5) is 10.9. The zero-order valence-corrected chi connectivity index (χ0v) is 10.2. The maximum atomic E-state index is 12.9. The van der Waals surface area contributed by atoms with E-state index >= 15 is 0 Å². The van der Waals surface area contributed by atoms with Gasteiger partial charge in [-0.1, -0.05) is 17.7 Å². The van der Waals surface area contributed by atoms with Gasteiger partial charge in [-0.05, 0) is 17.7 Å². The molecule has 0 saturated heterocycles. The lowest BCUT2D eigenvalue weighted by Gasteiger charge is -2.21. The molecular formula is C10H7Cl2F4NO. The third-order valence-corrected chi connectivity index (χ3v) is 2.56. The number of rotatable bonds is 3. The summed E-state index contributed by atoms with van der Waals surface area (Å²) in [5.41, 5.74) is -0.368. The van der Waals surface area contributed by atoms with Gasteiger partial charge in [0.2, 0.25) is 5.91 Å². The van der Waals surface area contributed by atoms with E-state index in [-0.39, 0.29) is 5.56 Å². The van der Waals surface area contributed by atoms with Gasteiger partial charge >= 0.3 is 6.18 Å². The molecule has 0 spiro atoms. The minimum atomic E-state index is -4.73. The molecule has 1 amide bonds. The number of hydrogen-bond donors (Lipinski definition) is 1. The van der Waals surface area contributed by atoms with Gasteiger partial charge in [0, 0.05) is 0 Å². The highest BCUT2D eigenvalue weighted by molar-refractivity contribution is 6.30. The van der Waals surface area contributed by atoms with Crippen molar-refractivity contribution in [2.45, 2.75) is 12.2 Å². The molecule has 1 unspecified atom stereocenters. The number of alkyl halides is 4. The molecule has 100 valence electrons. The van der Waals surface area contributed by atoms with E-state index in [0.29, 0.717) is 0 Å². The molecule has 0 fully saturated rings. The molecule has 0 bridgehead atoms. The van der Waals surface area contributed by atoms with Crippen molar-refractivity contribution < 1.29 is 22.4 Å². The molecule has 0 saturated carbocycles. The van der Waals surface area contributed by atoms with Gasteiger partial charge in [0.15, 0.2) is 6.04 Å². The third-order valence-electron chi connectivity index (χ3n) is 2.03. The monoisotopic (exact) mass is 303 g/mol. The Bertz CT molecular complexity index is 450. The van der Waals surface area contributed by atoms with Gasteiger partial charge in [-0.2, -0.15) is 13.2 Å². The van der Waals surface area contributed by atoms with Crippen molar-refractivity contribution in [3.63, 3.8) is 0 Å². The van der Waals surface area contributed by atoms with E-state index in [4.69, 9.17) is 23.2 Å². The molecule has 1 aromatic carbocycles. The van der Waals surface area contributed by atoms with Gasteiger partial charge < -0.3 is 5.32 Å². The van der Waals surface area contributed by atoms with Crippen LogP contribution in [0, 0.1) is 5.82 Å². The van der Waals surface area contributed by atoms with E-state index in [1.807, 2.05) is 0 Å². The van der Waals surface area contributed by atoms with Gasteiger partial charge in [-0.15, -0.1) is 11.6 Å². The first-order valence-electron chi connectivity index (χ1n) is 4.62. The second-order valence-electron chi connectivity index (χ2n) is 3.35. The van der Waals surface area contributed by atoms with Crippen molar-refractivity contribution in [1.29, 1.82) is 0 Å². The highest BCUT2D eigenvalue weighted by Crippen LogP contribution is 2.34. The van der Waals surface area contributed by atoms with Gasteiger partial charge in [0.1, 0.15) is 11.7 Å².